The zero-order valence-corrected chi connectivity index (χ0v) is 12.8. The van der Waals surface area contributed by atoms with Gasteiger partial charge in [0.1, 0.15) is 0 Å². The maximum atomic E-state index is 12.9. The van der Waals surface area contributed by atoms with Crippen LogP contribution in [0.4, 0.5) is 13.2 Å². The van der Waals surface area contributed by atoms with Gasteiger partial charge in [0.2, 0.25) is 10.0 Å². The molecule has 0 amide bonds. The first-order valence-electron chi connectivity index (χ1n) is 6.27. The summed E-state index contributed by atoms with van der Waals surface area (Å²) in [5, 5.41) is 8.77. The number of aliphatic carboxylic acids is 1. The molecule has 0 heterocycles. The van der Waals surface area contributed by atoms with Crippen molar-refractivity contribution in [1.29, 1.82) is 0 Å². The maximum Gasteiger partial charge on any atom is 0.416 e. The lowest BCUT2D eigenvalue weighted by Crippen LogP contribution is -2.34. The molecule has 1 rings (SSSR count). The molecule has 1 aromatic rings. The standard InChI is InChI=1S/C13H16F3NO4S/c1-9(12(18)19)7-17(2)22(20,21)8-10-5-3-4-6-11(10)13(14,15)16/h3-6,9H,7-8H2,1-2H3,(H,18,19). The summed E-state index contributed by atoms with van der Waals surface area (Å²) in [6.07, 6.45) is -4.65. The van der Waals surface area contributed by atoms with E-state index >= 15 is 0 Å². The lowest BCUT2D eigenvalue weighted by molar-refractivity contribution is -0.141. The number of nitrogens with zero attached hydrogens (tertiary/aromatic N) is 1. The third-order valence-corrected chi connectivity index (χ3v) is 4.86. The molecule has 0 aliphatic rings. The van der Waals surface area contributed by atoms with Gasteiger partial charge in [0, 0.05) is 13.6 Å². The quantitative estimate of drug-likeness (QED) is 0.862. The molecule has 0 bridgehead atoms. The highest BCUT2D eigenvalue weighted by molar-refractivity contribution is 7.88. The van der Waals surface area contributed by atoms with Crippen molar-refractivity contribution in [2.45, 2.75) is 18.9 Å². The lowest BCUT2D eigenvalue weighted by atomic mass is 10.1. The number of sulfonamides is 1. The van der Waals surface area contributed by atoms with Crippen LogP contribution in [0.2, 0.25) is 0 Å². The smallest absolute Gasteiger partial charge is 0.416 e. The topological polar surface area (TPSA) is 74.7 Å². The van der Waals surface area contributed by atoms with Crippen molar-refractivity contribution in [1.82, 2.24) is 4.31 Å². The Labute approximate surface area is 126 Å². The molecule has 0 fully saturated rings. The summed E-state index contributed by atoms with van der Waals surface area (Å²) in [6.45, 7) is 1.00. The van der Waals surface area contributed by atoms with E-state index in [1.54, 1.807) is 0 Å². The van der Waals surface area contributed by atoms with E-state index < -0.39 is 39.4 Å². The third kappa shape index (κ3) is 4.70. The number of carboxylic acids is 1. The number of halogens is 3. The molecule has 5 nitrogen and oxygen atoms in total. The average molecular weight is 339 g/mol. The molecule has 22 heavy (non-hydrogen) atoms. The van der Waals surface area contributed by atoms with Crippen molar-refractivity contribution in [3.63, 3.8) is 0 Å². The summed E-state index contributed by atoms with van der Waals surface area (Å²) in [4.78, 5) is 10.7. The lowest BCUT2D eigenvalue weighted by Gasteiger charge is -2.20. The molecule has 0 aliphatic heterocycles. The van der Waals surface area contributed by atoms with Crippen molar-refractivity contribution < 1.29 is 31.5 Å². The normalized spacial score (nSPS) is 14.1. The van der Waals surface area contributed by atoms with E-state index in [0.29, 0.717) is 0 Å². The Morgan fingerprint density at radius 1 is 1.32 bits per heavy atom. The van der Waals surface area contributed by atoms with Crippen molar-refractivity contribution >= 4 is 16.0 Å². The molecule has 1 atom stereocenters. The van der Waals surface area contributed by atoms with Crippen LogP contribution in [0.5, 0.6) is 0 Å². The minimum Gasteiger partial charge on any atom is -0.481 e. The molecule has 1 N–H and O–H groups in total. The Bertz CT molecular complexity index is 643. The largest absolute Gasteiger partial charge is 0.481 e. The molecule has 0 radical (unpaired) electrons. The number of benzene rings is 1. The van der Waals surface area contributed by atoms with E-state index in [0.717, 1.165) is 23.5 Å². The molecule has 0 aromatic heterocycles. The molecule has 0 aliphatic carbocycles. The van der Waals surface area contributed by atoms with Crippen LogP contribution in [0, 0.1) is 5.92 Å². The highest BCUT2D eigenvalue weighted by atomic mass is 32.2. The third-order valence-electron chi connectivity index (χ3n) is 3.09. The number of rotatable bonds is 6. The van der Waals surface area contributed by atoms with E-state index in [-0.39, 0.29) is 12.1 Å². The van der Waals surface area contributed by atoms with Crippen LogP contribution in [0.1, 0.15) is 18.1 Å². The van der Waals surface area contributed by atoms with Gasteiger partial charge in [0.15, 0.2) is 0 Å². The number of carboxylic acid groups (broad SMARTS) is 1. The van der Waals surface area contributed by atoms with Crippen LogP contribution >= 0.6 is 0 Å². The van der Waals surface area contributed by atoms with Gasteiger partial charge in [-0.1, -0.05) is 25.1 Å². The number of carbonyl (C=O) groups is 1. The van der Waals surface area contributed by atoms with Crippen LogP contribution in [0.15, 0.2) is 24.3 Å². The van der Waals surface area contributed by atoms with Gasteiger partial charge in [0.25, 0.3) is 0 Å². The monoisotopic (exact) mass is 339 g/mol. The second-order valence-electron chi connectivity index (χ2n) is 4.93. The van der Waals surface area contributed by atoms with Crippen LogP contribution < -0.4 is 0 Å². The average Bonchev–Trinajstić information content (AvgIpc) is 2.37. The maximum absolute atomic E-state index is 12.9. The van der Waals surface area contributed by atoms with Crippen LogP contribution in [0.3, 0.4) is 0 Å². The van der Waals surface area contributed by atoms with Gasteiger partial charge in [0.05, 0.1) is 17.2 Å². The molecule has 0 saturated heterocycles. The Morgan fingerprint density at radius 3 is 2.36 bits per heavy atom. The van der Waals surface area contributed by atoms with Gasteiger partial charge in [-0.3, -0.25) is 4.79 Å². The van der Waals surface area contributed by atoms with Gasteiger partial charge >= 0.3 is 12.1 Å². The SMILES string of the molecule is CC(CN(C)S(=O)(=O)Cc1ccccc1C(F)(F)F)C(=O)O. The molecule has 0 saturated carbocycles. The zero-order chi connectivity index (χ0) is 17.1. The fourth-order valence-electron chi connectivity index (χ4n) is 1.81. The van der Waals surface area contributed by atoms with Crippen molar-refractivity contribution in [2.24, 2.45) is 5.92 Å². The Balaban J connectivity index is 3.01. The fraction of sp³-hybridized carbons (Fsp3) is 0.462. The molecule has 9 heteroatoms. The van der Waals surface area contributed by atoms with Crippen LogP contribution in [-0.2, 0) is 26.7 Å². The minimum atomic E-state index is -4.65. The Kier molecular flexibility index (Phi) is 5.58. The summed E-state index contributed by atoms with van der Waals surface area (Å²) in [5.74, 6) is -2.98. The second-order valence-corrected chi connectivity index (χ2v) is 7.01. The summed E-state index contributed by atoms with van der Waals surface area (Å²) < 4.78 is 63.5. The van der Waals surface area contributed by atoms with Crippen molar-refractivity contribution in [2.75, 3.05) is 13.6 Å². The molecule has 124 valence electrons. The van der Waals surface area contributed by atoms with Gasteiger partial charge in [-0.15, -0.1) is 0 Å². The molecule has 1 unspecified atom stereocenters. The first-order chi connectivity index (χ1) is 9.95. The van der Waals surface area contributed by atoms with E-state index in [1.807, 2.05) is 0 Å². The van der Waals surface area contributed by atoms with Crippen molar-refractivity contribution in [3.05, 3.63) is 35.4 Å². The predicted molar refractivity (Wildman–Crippen MR) is 73.5 cm³/mol. The number of hydrogen-bond acceptors (Lipinski definition) is 3. The van der Waals surface area contributed by atoms with E-state index in [4.69, 9.17) is 5.11 Å². The summed E-state index contributed by atoms with van der Waals surface area (Å²) in [5.41, 5.74) is -1.39. The zero-order valence-electron chi connectivity index (χ0n) is 12.0. The summed E-state index contributed by atoms with van der Waals surface area (Å²) in [7, 11) is -2.91. The molecular weight excluding hydrogens is 323 g/mol. The van der Waals surface area contributed by atoms with Crippen LogP contribution in [0.25, 0.3) is 0 Å². The first-order valence-corrected chi connectivity index (χ1v) is 7.88. The summed E-state index contributed by atoms with van der Waals surface area (Å²) >= 11 is 0. The van der Waals surface area contributed by atoms with Gasteiger partial charge < -0.3 is 5.11 Å². The molecule has 0 spiro atoms. The molecule has 1 aromatic carbocycles. The van der Waals surface area contributed by atoms with E-state index in [2.05, 4.69) is 0 Å². The summed E-state index contributed by atoms with van der Waals surface area (Å²) in [6, 6.07) is 4.40. The second kappa shape index (κ2) is 6.66. The Hall–Kier alpha value is -1.61. The first kappa shape index (κ1) is 18.4. The predicted octanol–water partition coefficient (Wildman–Crippen LogP) is 2.19. The highest BCUT2D eigenvalue weighted by Gasteiger charge is 2.34. The highest BCUT2D eigenvalue weighted by Crippen LogP contribution is 2.32. The van der Waals surface area contributed by atoms with Gasteiger partial charge in [-0.05, 0) is 11.6 Å². The van der Waals surface area contributed by atoms with Gasteiger partial charge in [-0.25, -0.2) is 12.7 Å². The number of hydrogen-bond donors (Lipinski definition) is 1. The van der Waals surface area contributed by atoms with E-state index in [9.17, 15) is 26.4 Å². The van der Waals surface area contributed by atoms with Gasteiger partial charge in [-0.2, -0.15) is 13.2 Å². The fourth-order valence-corrected chi connectivity index (χ4v) is 3.12. The van der Waals surface area contributed by atoms with Crippen molar-refractivity contribution in [3.8, 4) is 0 Å². The van der Waals surface area contributed by atoms with E-state index in [1.165, 1.54) is 19.1 Å². The number of alkyl halides is 3. The minimum absolute atomic E-state index is 0.314. The van der Waals surface area contributed by atoms with Crippen LogP contribution in [-0.4, -0.2) is 37.4 Å². The Morgan fingerprint density at radius 2 is 1.86 bits per heavy atom. The molecular formula is C13H16F3NO4S.